The largest absolute Gasteiger partial charge is 0.378 e. The van der Waals surface area contributed by atoms with Gasteiger partial charge in [0.2, 0.25) is 0 Å². The molecule has 0 spiro atoms. The maximum atomic E-state index is 12.3. The van der Waals surface area contributed by atoms with Crippen molar-refractivity contribution in [2.45, 2.75) is 0 Å². The molecule has 1 amide bonds. The zero-order valence-corrected chi connectivity index (χ0v) is 16.0. The first-order chi connectivity index (χ1) is 13.2. The van der Waals surface area contributed by atoms with E-state index in [0.29, 0.717) is 10.1 Å². The maximum Gasteiger partial charge on any atom is 0.286 e. The Labute approximate surface area is 163 Å². The quantitative estimate of drug-likeness (QED) is 0.762. The van der Waals surface area contributed by atoms with Crippen molar-refractivity contribution in [3.63, 3.8) is 0 Å². The highest BCUT2D eigenvalue weighted by Gasteiger charge is 2.25. The first kappa shape index (κ1) is 17.8. The monoisotopic (exact) mass is 379 g/mol. The Morgan fingerprint density at radius 2 is 1.78 bits per heavy atom. The molecule has 4 rings (SSSR count). The molecule has 0 unspecified atom stereocenters. The molecule has 0 atom stereocenters. The molecule has 0 radical (unpaired) electrons. The number of morpholine rings is 1. The minimum absolute atomic E-state index is 0.185. The summed E-state index contributed by atoms with van der Waals surface area (Å²) in [6.45, 7) is 3.37. The van der Waals surface area contributed by atoms with E-state index in [-0.39, 0.29) is 5.91 Å². The van der Waals surface area contributed by atoms with E-state index in [1.807, 2.05) is 60.5 Å². The number of thioether (sulfide) groups is 1. The van der Waals surface area contributed by atoms with Crippen LogP contribution in [-0.4, -0.2) is 44.4 Å². The van der Waals surface area contributed by atoms with Crippen LogP contribution < -0.4 is 9.80 Å². The van der Waals surface area contributed by atoms with Crippen molar-refractivity contribution in [2.75, 3.05) is 43.2 Å². The summed E-state index contributed by atoms with van der Waals surface area (Å²) in [5.74, 6) is -0.185. The van der Waals surface area contributed by atoms with Gasteiger partial charge in [0.1, 0.15) is 0 Å². The van der Waals surface area contributed by atoms with Gasteiger partial charge < -0.3 is 14.5 Å². The zero-order valence-electron chi connectivity index (χ0n) is 15.2. The predicted molar refractivity (Wildman–Crippen MR) is 112 cm³/mol. The molecule has 2 aromatic rings. The number of ether oxygens (including phenoxy) is 1. The lowest BCUT2D eigenvalue weighted by Gasteiger charge is -2.28. The Bertz CT molecular complexity index is 872. The number of hydrogen-bond acceptors (Lipinski definition) is 5. The number of amidine groups is 1. The van der Waals surface area contributed by atoms with E-state index >= 15 is 0 Å². The van der Waals surface area contributed by atoms with Crippen LogP contribution in [0.2, 0.25) is 0 Å². The van der Waals surface area contributed by atoms with E-state index in [9.17, 15) is 4.79 Å². The normalized spacial score (nSPS) is 18.7. The van der Waals surface area contributed by atoms with Crippen molar-refractivity contribution in [2.24, 2.45) is 4.99 Å². The highest BCUT2D eigenvalue weighted by atomic mass is 32.2. The van der Waals surface area contributed by atoms with Gasteiger partial charge in [0.15, 0.2) is 5.17 Å². The van der Waals surface area contributed by atoms with Gasteiger partial charge in [0.25, 0.3) is 5.91 Å². The molecule has 0 saturated carbocycles. The summed E-state index contributed by atoms with van der Waals surface area (Å²) in [7, 11) is 1.93. The van der Waals surface area contributed by atoms with E-state index in [2.05, 4.69) is 22.0 Å². The van der Waals surface area contributed by atoms with Gasteiger partial charge in [-0.1, -0.05) is 30.3 Å². The van der Waals surface area contributed by atoms with Crippen LogP contribution >= 0.6 is 11.8 Å². The van der Waals surface area contributed by atoms with Crippen LogP contribution in [0.15, 0.2) is 64.5 Å². The summed E-state index contributed by atoms with van der Waals surface area (Å²) in [6.07, 6.45) is 1.91. The number of amides is 1. The molecule has 0 bridgehead atoms. The van der Waals surface area contributed by atoms with Crippen LogP contribution in [0.25, 0.3) is 6.08 Å². The van der Waals surface area contributed by atoms with E-state index in [1.165, 1.54) is 17.4 Å². The Morgan fingerprint density at radius 3 is 2.48 bits per heavy atom. The van der Waals surface area contributed by atoms with Gasteiger partial charge in [-0.05, 0) is 47.7 Å². The van der Waals surface area contributed by atoms with E-state index in [0.717, 1.165) is 37.6 Å². The molecule has 0 aliphatic carbocycles. The molecule has 2 aliphatic heterocycles. The molecule has 2 heterocycles. The van der Waals surface area contributed by atoms with Gasteiger partial charge in [-0.15, -0.1) is 0 Å². The second-order valence-electron chi connectivity index (χ2n) is 6.40. The van der Waals surface area contributed by atoms with Crippen LogP contribution in [0.3, 0.4) is 0 Å². The Hall–Kier alpha value is -2.57. The molecule has 5 nitrogen and oxygen atoms in total. The maximum absolute atomic E-state index is 12.3. The summed E-state index contributed by atoms with van der Waals surface area (Å²) in [5, 5.41) is 0.697. The highest BCUT2D eigenvalue weighted by molar-refractivity contribution is 8.18. The van der Waals surface area contributed by atoms with Crippen LogP contribution in [0.1, 0.15) is 5.56 Å². The number of carbonyl (C=O) groups is 1. The third-order valence-corrected chi connectivity index (χ3v) is 5.67. The van der Waals surface area contributed by atoms with Gasteiger partial charge in [-0.3, -0.25) is 4.79 Å². The molecule has 0 aromatic heterocycles. The molecular formula is C21H21N3O2S. The van der Waals surface area contributed by atoms with Crippen molar-refractivity contribution in [1.29, 1.82) is 0 Å². The van der Waals surface area contributed by atoms with Gasteiger partial charge in [0.05, 0.1) is 18.1 Å². The van der Waals surface area contributed by atoms with Crippen molar-refractivity contribution in [3.8, 4) is 0 Å². The van der Waals surface area contributed by atoms with Gasteiger partial charge in [-0.25, -0.2) is 0 Å². The molecule has 2 aliphatic rings. The summed E-state index contributed by atoms with van der Waals surface area (Å²) >= 11 is 1.41. The molecule has 1 saturated heterocycles. The third kappa shape index (κ3) is 4.07. The number of carbonyl (C=O) groups excluding carboxylic acids is 1. The SMILES string of the molecule is CN(C1=NC(=O)/C(=C\c2ccc(N3CCOCC3)cc2)S1)c1ccccc1. The standard InChI is InChI=1S/C21H21N3O2S/c1-23(17-5-3-2-4-6-17)21-22-20(25)19(27-21)15-16-7-9-18(10-8-16)24-11-13-26-14-12-24/h2-10,15H,11-14H2,1H3/b19-15+. The van der Waals surface area contributed by atoms with Crippen LogP contribution in [0.4, 0.5) is 11.4 Å². The van der Waals surface area contributed by atoms with E-state index in [1.54, 1.807) is 0 Å². The zero-order chi connectivity index (χ0) is 18.6. The van der Waals surface area contributed by atoms with Gasteiger partial charge in [0, 0.05) is 31.5 Å². The number of para-hydroxylation sites is 1. The lowest BCUT2D eigenvalue weighted by Crippen LogP contribution is -2.36. The third-order valence-electron chi connectivity index (χ3n) is 4.61. The second kappa shape index (κ2) is 7.98. The minimum Gasteiger partial charge on any atom is -0.378 e. The number of benzene rings is 2. The predicted octanol–water partition coefficient (Wildman–Crippen LogP) is 3.63. The lowest BCUT2D eigenvalue weighted by molar-refractivity contribution is -0.113. The summed E-state index contributed by atoms with van der Waals surface area (Å²) < 4.78 is 5.40. The molecule has 27 heavy (non-hydrogen) atoms. The van der Waals surface area contributed by atoms with Gasteiger partial charge in [-0.2, -0.15) is 4.99 Å². The van der Waals surface area contributed by atoms with Crippen molar-refractivity contribution in [3.05, 3.63) is 65.1 Å². The lowest BCUT2D eigenvalue weighted by atomic mass is 10.1. The fourth-order valence-corrected chi connectivity index (χ4v) is 3.95. The Morgan fingerprint density at radius 1 is 1.07 bits per heavy atom. The van der Waals surface area contributed by atoms with E-state index < -0.39 is 0 Å². The first-order valence-electron chi connectivity index (χ1n) is 8.95. The number of nitrogens with zero attached hydrogens (tertiary/aromatic N) is 3. The summed E-state index contributed by atoms with van der Waals surface area (Å²) in [6, 6.07) is 18.2. The number of hydrogen-bond donors (Lipinski definition) is 0. The van der Waals surface area contributed by atoms with E-state index in [4.69, 9.17) is 4.74 Å². The average molecular weight is 379 g/mol. The van der Waals surface area contributed by atoms with Crippen LogP contribution in [0, 0.1) is 0 Å². The smallest absolute Gasteiger partial charge is 0.286 e. The number of rotatable bonds is 3. The fraction of sp³-hybridized carbons (Fsp3) is 0.238. The Balaban J connectivity index is 1.46. The number of aliphatic imine (C=N–C) groups is 1. The minimum atomic E-state index is -0.185. The molecule has 6 heteroatoms. The fourth-order valence-electron chi connectivity index (χ4n) is 3.06. The first-order valence-corrected chi connectivity index (χ1v) is 9.76. The molecule has 1 fully saturated rings. The summed E-state index contributed by atoms with van der Waals surface area (Å²) in [4.78, 5) is 21.4. The van der Waals surface area contributed by atoms with Crippen LogP contribution in [0.5, 0.6) is 0 Å². The number of anilines is 2. The Kier molecular flexibility index (Phi) is 5.27. The molecule has 0 N–H and O–H groups in total. The topological polar surface area (TPSA) is 45.1 Å². The highest BCUT2D eigenvalue weighted by Crippen LogP contribution is 2.32. The van der Waals surface area contributed by atoms with Crippen molar-refractivity contribution >= 4 is 40.3 Å². The van der Waals surface area contributed by atoms with Gasteiger partial charge >= 0.3 is 0 Å². The molecular weight excluding hydrogens is 358 g/mol. The molecule has 2 aromatic carbocycles. The second-order valence-corrected chi connectivity index (χ2v) is 7.40. The summed E-state index contributed by atoms with van der Waals surface area (Å²) in [5.41, 5.74) is 3.20. The van der Waals surface area contributed by atoms with Crippen LogP contribution in [-0.2, 0) is 9.53 Å². The van der Waals surface area contributed by atoms with Crippen molar-refractivity contribution < 1.29 is 9.53 Å². The van der Waals surface area contributed by atoms with Crippen molar-refractivity contribution in [1.82, 2.24) is 0 Å². The average Bonchev–Trinajstić information content (AvgIpc) is 3.09. The molecule has 138 valence electrons.